The Bertz CT molecular complexity index is 441. The van der Waals surface area contributed by atoms with Gasteiger partial charge in [-0.2, -0.15) is 0 Å². The highest BCUT2D eigenvalue weighted by Gasteiger charge is 2.22. The quantitative estimate of drug-likeness (QED) is 0.574. The molecule has 0 aliphatic carbocycles. The minimum absolute atomic E-state index is 0.0496. The van der Waals surface area contributed by atoms with Crippen LogP contribution >= 0.6 is 0 Å². The number of esters is 2. The molecule has 0 amide bonds. The second kappa shape index (κ2) is 5.01. The normalized spacial score (nSPS) is 9.38. The fourth-order valence-corrected chi connectivity index (χ4v) is 1.21. The van der Waals surface area contributed by atoms with E-state index in [2.05, 4.69) is 14.7 Å². The van der Waals surface area contributed by atoms with E-state index in [1.807, 2.05) is 0 Å². The Kier molecular flexibility index (Phi) is 3.71. The first-order valence-corrected chi connectivity index (χ1v) is 4.28. The van der Waals surface area contributed by atoms with Crippen LogP contribution in [0.4, 0.5) is 5.69 Å². The van der Waals surface area contributed by atoms with Crippen LogP contribution in [-0.4, -0.2) is 26.2 Å². The van der Waals surface area contributed by atoms with Crippen LogP contribution in [0.25, 0.3) is 0 Å². The third-order valence-corrected chi connectivity index (χ3v) is 1.94. The van der Waals surface area contributed by atoms with Crippen LogP contribution in [-0.2, 0) is 9.47 Å². The molecule has 0 unspecified atom stereocenters. The summed E-state index contributed by atoms with van der Waals surface area (Å²) in [4.78, 5) is 33.3. The van der Waals surface area contributed by atoms with Crippen molar-refractivity contribution < 1.29 is 19.1 Å². The monoisotopic (exact) mass is 223 g/mol. The first-order valence-electron chi connectivity index (χ1n) is 4.28. The third kappa shape index (κ3) is 2.05. The zero-order valence-corrected chi connectivity index (χ0v) is 8.72. The Balaban J connectivity index is 3.43. The van der Waals surface area contributed by atoms with Crippen molar-refractivity contribution in [2.45, 2.75) is 0 Å². The number of rotatable bonds is 3. The number of carbonyl (C=O) groups is 2. The molecule has 1 aromatic rings. The highest BCUT2D eigenvalue weighted by atomic mass is 16.5. The Morgan fingerprint density at radius 1 is 1.12 bits per heavy atom. The number of hydrogen-bond donors (Lipinski definition) is 0. The zero-order chi connectivity index (χ0) is 12.1. The largest absolute Gasteiger partial charge is 0.465 e. The molecule has 1 rings (SSSR count). The summed E-state index contributed by atoms with van der Waals surface area (Å²) in [6.45, 7) is 0. The SMILES string of the molecule is COC(=O)c1cccc(N=O)c1C(=O)OC. The number of nitrogens with zero attached hydrogens (tertiary/aromatic N) is 1. The molecule has 0 heterocycles. The Labute approximate surface area is 91.1 Å². The predicted molar refractivity (Wildman–Crippen MR) is 54.6 cm³/mol. The van der Waals surface area contributed by atoms with Crippen molar-refractivity contribution in [3.8, 4) is 0 Å². The third-order valence-electron chi connectivity index (χ3n) is 1.94. The van der Waals surface area contributed by atoms with Gasteiger partial charge in [-0.3, -0.25) is 0 Å². The van der Waals surface area contributed by atoms with Gasteiger partial charge >= 0.3 is 11.9 Å². The first-order chi connectivity index (χ1) is 7.65. The van der Waals surface area contributed by atoms with Crippen molar-refractivity contribution in [1.29, 1.82) is 0 Å². The van der Waals surface area contributed by atoms with Gasteiger partial charge in [-0.25, -0.2) is 9.59 Å². The summed E-state index contributed by atoms with van der Waals surface area (Å²) in [5.74, 6) is -1.54. The highest BCUT2D eigenvalue weighted by Crippen LogP contribution is 2.24. The van der Waals surface area contributed by atoms with Gasteiger partial charge in [0.2, 0.25) is 0 Å². The fourth-order valence-electron chi connectivity index (χ4n) is 1.21. The van der Waals surface area contributed by atoms with Crippen molar-refractivity contribution in [3.05, 3.63) is 34.2 Å². The minimum Gasteiger partial charge on any atom is -0.465 e. The summed E-state index contributed by atoms with van der Waals surface area (Å²) < 4.78 is 8.95. The number of nitroso groups, excluding NO2 is 1. The maximum absolute atomic E-state index is 11.4. The number of methoxy groups -OCH3 is 2. The lowest BCUT2D eigenvalue weighted by Gasteiger charge is -2.06. The van der Waals surface area contributed by atoms with Crippen LogP contribution in [0.5, 0.6) is 0 Å². The molecule has 0 aromatic heterocycles. The summed E-state index contributed by atoms with van der Waals surface area (Å²) in [5.41, 5.74) is -0.395. The average Bonchev–Trinajstić information content (AvgIpc) is 2.35. The van der Waals surface area contributed by atoms with E-state index in [-0.39, 0.29) is 16.8 Å². The van der Waals surface area contributed by atoms with Gasteiger partial charge in [0.25, 0.3) is 0 Å². The van der Waals surface area contributed by atoms with E-state index in [4.69, 9.17) is 0 Å². The lowest BCUT2D eigenvalue weighted by molar-refractivity contribution is 0.0556. The van der Waals surface area contributed by atoms with E-state index in [9.17, 15) is 14.5 Å². The van der Waals surface area contributed by atoms with Gasteiger partial charge < -0.3 is 9.47 Å². The average molecular weight is 223 g/mol. The van der Waals surface area contributed by atoms with Crippen molar-refractivity contribution in [3.63, 3.8) is 0 Å². The van der Waals surface area contributed by atoms with Gasteiger partial charge in [0, 0.05) is 0 Å². The van der Waals surface area contributed by atoms with Gasteiger partial charge in [0.05, 0.1) is 19.8 Å². The van der Waals surface area contributed by atoms with Gasteiger partial charge in [0.1, 0.15) is 11.3 Å². The molecule has 6 nitrogen and oxygen atoms in total. The smallest absolute Gasteiger partial charge is 0.341 e. The topological polar surface area (TPSA) is 82.0 Å². The van der Waals surface area contributed by atoms with Crippen LogP contribution in [0.2, 0.25) is 0 Å². The zero-order valence-electron chi connectivity index (χ0n) is 8.72. The molecule has 16 heavy (non-hydrogen) atoms. The van der Waals surface area contributed by atoms with Crippen molar-refractivity contribution in [1.82, 2.24) is 0 Å². The molecule has 0 N–H and O–H groups in total. The molecule has 0 saturated carbocycles. The molecule has 0 aliphatic rings. The molecule has 0 bridgehead atoms. The lowest BCUT2D eigenvalue weighted by Crippen LogP contribution is -2.11. The first kappa shape index (κ1) is 11.8. The standard InChI is InChI=1S/C10H9NO5/c1-15-9(12)6-4-3-5-7(11-14)8(6)10(13)16-2/h3-5H,1-2H3. The van der Waals surface area contributed by atoms with Crippen LogP contribution in [0.3, 0.4) is 0 Å². The summed E-state index contributed by atoms with van der Waals surface area (Å²) in [6, 6.07) is 4.09. The second-order valence-electron chi connectivity index (χ2n) is 2.77. The molecule has 0 spiro atoms. The lowest BCUT2D eigenvalue weighted by atomic mass is 10.1. The Hall–Kier alpha value is -2.24. The van der Waals surface area contributed by atoms with E-state index in [0.717, 1.165) is 7.11 Å². The Morgan fingerprint density at radius 2 is 1.75 bits per heavy atom. The highest BCUT2D eigenvalue weighted by molar-refractivity contribution is 6.06. The van der Waals surface area contributed by atoms with Gasteiger partial charge in [-0.15, -0.1) is 4.91 Å². The molecular formula is C10H9NO5. The molecule has 0 atom stereocenters. The van der Waals surface area contributed by atoms with Crippen LogP contribution in [0, 0.1) is 4.91 Å². The van der Waals surface area contributed by atoms with Crippen LogP contribution in [0.15, 0.2) is 23.4 Å². The molecule has 1 aromatic carbocycles. The minimum atomic E-state index is -0.810. The van der Waals surface area contributed by atoms with E-state index < -0.39 is 11.9 Å². The molecule has 0 radical (unpaired) electrons. The molecule has 0 saturated heterocycles. The van der Waals surface area contributed by atoms with Gasteiger partial charge in [0.15, 0.2) is 0 Å². The summed E-state index contributed by atoms with van der Waals surface area (Å²) >= 11 is 0. The molecule has 6 heteroatoms. The van der Waals surface area contributed by atoms with Gasteiger partial charge in [-0.05, 0) is 17.3 Å². The number of carbonyl (C=O) groups excluding carboxylic acids is 2. The van der Waals surface area contributed by atoms with Crippen LogP contribution in [0.1, 0.15) is 20.7 Å². The van der Waals surface area contributed by atoms with Crippen molar-refractivity contribution in [2.24, 2.45) is 5.18 Å². The van der Waals surface area contributed by atoms with Crippen molar-refractivity contribution in [2.75, 3.05) is 14.2 Å². The number of benzene rings is 1. The summed E-state index contributed by atoms with van der Waals surface area (Å²) in [7, 11) is 2.31. The van der Waals surface area contributed by atoms with E-state index in [1.165, 1.54) is 25.3 Å². The summed E-state index contributed by atoms with van der Waals surface area (Å²) in [5, 5.41) is 2.66. The van der Waals surface area contributed by atoms with Crippen molar-refractivity contribution >= 4 is 17.6 Å². The summed E-state index contributed by atoms with van der Waals surface area (Å²) in [6.07, 6.45) is 0. The molecule has 0 fully saturated rings. The van der Waals surface area contributed by atoms with E-state index in [1.54, 1.807) is 0 Å². The number of hydrogen-bond acceptors (Lipinski definition) is 6. The Morgan fingerprint density at radius 3 is 2.25 bits per heavy atom. The molecule has 0 aliphatic heterocycles. The van der Waals surface area contributed by atoms with E-state index in [0.29, 0.717) is 0 Å². The maximum Gasteiger partial charge on any atom is 0.341 e. The van der Waals surface area contributed by atoms with E-state index >= 15 is 0 Å². The predicted octanol–water partition coefficient (Wildman–Crippen LogP) is 1.66. The molecular weight excluding hydrogens is 214 g/mol. The van der Waals surface area contributed by atoms with Gasteiger partial charge in [-0.1, -0.05) is 6.07 Å². The molecule has 84 valence electrons. The second-order valence-corrected chi connectivity index (χ2v) is 2.77. The van der Waals surface area contributed by atoms with Crippen LogP contribution < -0.4 is 0 Å². The number of ether oxygens (including phenoxy) is 2. The maximum atomic E-state index is 11.4. The fraction of sp³-hybridized carbons (Fsp3) is 0.200.